The van der Waals surface area contributed by atoms with Crippen LogP contribution in [0.25, 0.3) is 0 Å². The molecule has 0 aliphatic carbocycles. The summed E-state index contributed by atoms with van der Waals surface area (Å²) in [5, 5.41) is 12.7. The van der Waals surface area contributed by atoms with E-state index in [4.69, 9.17) is 0 Å². The van der Waals surface area contributed by atoms with Crippen LogP contribution in [-0.4, -0.2) is 25.7 Å². The average molecular weight is 273 g/mol. The Balaban J connectivity index is 2.66. The third-order valence-corrected chi connectivity index (χ3v) is 3.61. The molecule has 0 saturated heterocycles. The molecule has 110 valence electrons. The Morgan fingerprint density at radius 1 is 1.25 bits per heavy atom. The molecule has 1 rings (SSSR count). The second kappa shape index (κ2) is 7.31. The predicted octanol–water partition coefficient (Wildman–Crippen LogP) is 3.41. The van der Waals surface area contributed by atoms with Crippen molar-refractivity contribution in [2.45, 2.75) is 46.1 Å². The van der Waals surface area contributed by atoms with Gasteiger partial charge in [-0.05, 0) is 63.4 Å². The van der Waals surface area contributed by atoms with Gasteiger partial charge in [-0.15, -0.1) is 0 Å². The minimum Gasteiger partial charge on any atom is -0.374 e. The normalized spacial score (nSPS) is 13.6. The van der Waals surface area contributed by atoms with Gasteiger partial charge in [-0.25, -0.2) is 0 Å². The first-order valence-corrected chi connectivity index (χ1v) is 7.36. The van der Waals surface area contributed by atoms with Crippen molar-refractivity contribution in [1.29, 1.82) is 5.26 Å². The largest absolute Gasteiger partial charge is 0.374 e. The molecule has 20 heavy (non-hydrogen) atoms. The van der Waals surface area contributed by atoms with E-state index < -0.39 is 5.54 Å². The molecule has 0 aliphatic heterocycles. The Labute approximate surface area is 123 Å². The first-order chi connectivity index (χ1) is 9.40. The van der Waals surface area contributed by atoms with Crippen molar-refractivity contribution < 1.29 is 0 Å². The van der Waals surface area contributed by atoms with E-state index >= 15 is 0 Å². The van der Waals surface area contributed by atoms with Crippen LogP contribution in [0.1, 0.15) is 37.8 Å². The highest BCUT2D eigenvalue weighted by Gasteiger charge is 2.22. The van der Waals surface area contributed by atoms with E-state index in [-0.39, 0.29) is 0 Å². The third-order valence-electron chi connectivity index (χ3n) is 3.61. The van der Waals surface area contributed by atoms with Crippen LogP contribution >= 0.6 is 0 Å². The molecule has 0 bridgehead atoms. The highest BCUT2D eigenvalue weighted by Crippen LogP contribution is 2.19. The Morgan fingerprint density at radius 3 is 2.35 bits per heavy atom. The molecule has 1 aromatic rings. The standard InChI is InChI=1S/C17H27N3/c1-6-8-19-17(4,13-18)7-9-20(5)16-11-14(2)10-15(3)12-16/h10-12,19H,6-9H2,1-5H3. The van der Waals surface area contributed by atoms with Crippen molar-refractivity contribution in [3.8, 4) is 6.07 Å². The Bertz CT molecular complexity index is 455. The molecule has 0 radical (unpaired) electrons. The fraction of sp³-hybridized carbons (Fsp3) is 0.588. The number of hydrogen-bond donors (Lipinski definition) is 1. The monoisotopic (exact) mass is 273 g/mol. The van der Waals surface area contributed by atoms with Gasteiger partial charge in [-0.3, -0.25) is 5.32 Å². The first-order valence-electron chi connectivity index (χ1n) is 7.36. The van der Waals surface area contributed by atoms with E-state index in [1.165, 1.54) is 16.8 Å². The van der Waals surface area contributed by atoms with Gasteiger partial charge in [0.2, 0.25) is 0 Å². The van der Waals surface area contributed by atoms with Crippen LogP contribution in [0.4, 0.5) is 5.69 Å². The zero-order chi connectivity index (χ0) is 15.2. The lowest BCUT2D eigenvalue weighted by Crippen LogP contribution is -2.43. The summed E-state index contributed by atoms with van der Waals surface area (Å²) in [6.07, 6.45) is 1.86. The Morgan fingerprint density at radius 2 is 1.85 bits per heavy atom. The SMILES string of the molecule is CCCNC(C)(C#N)CCN(C)c1cc(C)cc(C)c1. The van der Waals surface area contributed by atoms with Crippen LogP contribution in [0, 0.1) is 25.2 Å². The van der Waals surface area contributed by atoms with E-state index in [0.29, 0.717) is 0 Å². The number of nitriles is 1. The molecule has 0 aromatic heterocycles. The van der Waals surface area contributed by atoms with Crippen LogP contribution in [-0.2, 0) is 0 Å². The summed E-state index contributed by atoms with van der Waals surface area (Å²) in [5.41, 5.74) is 3.33. The number of nitrogens with zero attached hydrogens (tertiary/aromatic N) is 2. The van der Waals surface area contributed by atoms with Gasteiger partial charge in [0.05, 0.1) is 6.07 Å². The van der Waals surface area contributed by atoms with Crippen LogP contribution in [0.3, 0.4) is 0 Å². The molecule has 1 aromatic carbocycles. The topological polar surface area (TPSA) is 39.1 Å². The van der Waals surface area contributed by atoms with Gasteiger partial charge in [0.25, 0.3) is 0 Å². The molecule has 0 saturated carbocycles. The maximum atomic E-state index is 9.35. The van der Waals surface area contributed by atoms with Crippen LogP contribution in [0.15, 0.2) is 18.2 Å². The molecule has 3 nitrogen and oxygen atoms in total. The zero-order valence-electron chi connectivity index (χ0n) is 13.5. The van der Waals surface area contributed by atoms with Crippen molar-refractivity contribution in [1.82, 2.24) is 5.32 Å². The number of hydrogen-bond acceptors (Lipinski definition) is 3. The summed E-state index contributed by atoms with van der Waals surface area (Å²) in [4.78, 5) is 2.23. The summed E-state index contributed by atoms with van der Waals surface area (Å²) >= 11 is 0. The van der Waals surface area contributed by atoms with E-state index in [2.05, 4.69) is 62.3 Å². The lowest BCUT2D eigenvalue weighted by atomic mass is 9.99. The van der Waals surface area contributed by atoms with Gasteiger partial charge < -0.3 is 4.90 Å². The highest BCUT2D eigenvalue weighted by atomic mass is 15.1. The van der Waals surface area contributed by atoms with Crippen LogP contribution < -0.4 is 10.2 Å². The fourth-order valence-corrected chi connectivity index (χ4v) is 2.28. The Hall–Kier alpha value is -1.53. The van der Waals surface area contributed by atoms with Gasteiger partial charge in [0.15, 0.2) is 0 Å². The molecule has 0 spiro atoms. The van der Waals surface area contributed by atoms with Crippen molar-refractivity contribution >= 4 is 5.69 Å². The molecule has 0 aliphatic rings. The summed E-state index contributed by atoms with van der Waals surface area (Å²) in [6.45, 7) is 10.1. The fourth-order valence-electron chi connectivity index (χ4n) is 2.28. The molecule has 0 heterocycles. The van der Waals surface area contributed by atoms with Crippen molar-refractivity contribution in [3.63, 3.8) is 0 Å². The van der Waals surface area contributed by atoms with Gasteiger partial charge in [-0.2, -0.15) is 5.26 Å². The molecule has 3 heteroatoms. The van der Waals surface area contributed by atoms with E-state index in [1.54, 1.807) is 0 Å². The lowest BCUT2D eigenvalue weighted by Gasteiger charge is -2.27. The van der Waals surface area contributed by atoms with E-state index in [9.17, 15) is 5.26 Å². The maximum absolute atomic E-state index is 9.35. The second-order valence-corrected chi connectivity index (χ2v) is 5.89. The number of benzene rings is 1. The Kier molecular flexibility index (Phi) is 6.04. The molecule has 1 atom stereocenters. The smallest absolute Gasteiger partial charge is 0.105 e. The minimum atomic E-state index is -0.441. The summed E-state index contributed by atoms with van der Waals surface area (Å²) < 4.78 is 0. The van der Waals surface area contributed by atoms with Crippen molar-refractivity contribution in [2.75, 3.05) is 25.0 Å². The molecule has 1 unspecified atom stereocenters. The van der Waals surface area contributed by atoms with E-state index in [0.717, 1.165) is 25.9 Å². The number of nitrogens with one attached hydrogen (secondary N) is 1. The lowest BCUT2D eigenvalue weighted by molar-refractivity contribution is 0.421. The summed E-state index contributed by atoms with van der Waals surface area (Å²) in [5.74, 6) is 0. The summed E-state index contributed by atoms with van der Waals surface area (Å²) in [7, 11) is 2.09. The average Bonchev–Trinajstić information content (AvgIpc) is 2.41. The predicted molar refractivity (Wildman–Crippen MR) is 86.1 cm³/mol. The van der Waals surface area contributed by atoms with Crippen LogP contribution in [0.2, 0.25) is 0 Å². The van der Waals surface area contributed by atoms with Crippen molar-refractivity contribution in [2.24, 2.45) is 0 Å². The van der Waals surface area contributed by atoms with Crippen molar-refractivity contribution in [3.05, 3.63) is 29.3 Å². The molecular formula is C17H27N3. The zero-order valence-corrected chi connectivity index (χ0v) is 13.5. The van der Waals surface area contributed by atoms with Gasteiger partial charge >= 0.3 is 0 Å². The molecular weight excluding hydrogens is 246 g/mol. The highest BCUT2D eigenvalue weighted by molar-refractivity contribution is 5.50. The maximum Gasteiger partial charge on any atom is 0.105 e. The van der Waals surface area contributed by atoms with Gasteiger partial charge in [0, 0.05) is 19.3 Å². The molecule has 0 fully saturated rings. The number of rotatable bonds is 7. The third kappa shape index (κ3) is 4.86. The molecule has 0 amide bonds. The molecule has 1 N–H and O–H groups in total. The summed E-state index contributed by atoms with van der Waals surface area (Å²) in [6, 6.07) is 8.97. The second-order valence-electron chi connectivity index (χ2n) is 5.89. The number of aryl methyl sites for hydroxylation is 2. The van der Waals surface area contributed by atoms with Gasteiger partial charge in [-0.1, -0.05) is 13.0 Å². The van der Waals surface area contributed by atoms with E-state index in [1.807, 2.05) is 6.92 Å². The minimum absolute atomic E-state index is 0.441. The van der Waals surface area contributed by atoms with Gasteiger partial charge in [0.1, 0.15) is 5.54 Å². The number of anilines is 1. The first kappa shape index (κ1) is 16.5. The van der Waals surface area contributed by atoms with Crippen LogP contribution in [0.5, 0.6) is 0 Å². The quantitative estimate of drug-likeness (QED) is 0.827.